The molecule has 0 aromatic rings. The molecule has 0 saturated heterocycles. The van der Waals surface area contributed by atoms with Gasteiger partial charge in [-0.05, 0) is 18.3 Å². The summed E-state index contributed by atoms with van der Waals surface area (Å²) in [5.41, 5.74) is 0. The smallest absolute Gasteiger partial charge is 0.246 e. The highest BCUT2D eigenvalue weighted by molar-refractivity contribution is 5.77. The molecule has 1 N–H and O–H groups in total. The minimum Gasteiger partial charge on any atom is -0.379 e. The third-order valence-electron chi connectivity index (χ3n) is 3.21. The van der Waals surface area contributed by atoms with Crippen LogP contribution in [-0.4, -0.2) is 78.5 Å². The molecule has 0 aromatic heterocycles. The first-order valence-corrected chi connectivity index (χ1v) is 9.67. The Morgan fingerprint density at radius 2 is 1.19 bits per heavy atom. The van der Waals surface area contributed by atoms with Crippen LogP contribution in [0.15, 0.2) is 0 Å². The molecule has 0 saturated carbocycles. The Morgan fingerprint density at radius 1 is 0.692 bits per heavy atom. The molecule has 0 spiro atoms. The van der Waals surface area contributed by atoms with Crippen molar-refractivity contribution in [2.45, 2.75) is 34.1 Å². The molecule has 0 unspecified atom stereocenters. The Bertz CT molecular complexity index is 312. The van der Waals surface area contributed by atoms with Crippen molar-refractivity contribution in [2.75, 3.05) is 72.6 Å². The van der Waals surface area contributed by atoms with E-state index in [2.05, 4.69) is 19.2 Å². The van der Waals surface area contributed by atoms with Gasteiger partial charge in [-0.25, -0.2) is 0 Å². The van der Waals surface area contributed by atoms with Gasteiger partial charge < -0.3 is 29.0 Å². The highest BCUT2D eigenvalue weighted by Gasteiger charge is 2.01. The minimum absolute atomic E-state index is 0.101. The summed E-state index contributed by atoms with van der Waals surface area (Å²) in [4.78, 5) is 11.4. The van der Waals surface area contributed by atoms with Crippen LogP contribution in [-0.2, 0) is 28.5 Å². The van der Waals surface area contributed by atoms with Gasteiger partial charge in [0, 0.05) is 19.8 Å². The average Bonchev–Trinajstić information content (AvgIpc) is 2.57. The highest BCUT2D eigenvalue weighted by atomic mass is 16.6. The Kier molecular flexibility index (Phi) is 18.5. The van der Waals surface area contributed by atoms with Gasteiger partial charge in [0.15, 0.2) is 0 Å². The number of carbonyl (C=O) groups is 1. The summed E-state index contributed by atoms with van der Waals surface area (Å²) < 4.78 is 26.9. The lowest BCUT2D eigenvalue weighted by molar-refractivity contribution is -0.126. The fraction of sp³-hybridized carbons (Fsp3) is 0.947. The summed E-state index contributed by atoms with van der Waals surface area (Å²) in [6.45, 7) is 14.2. The van der Waals surface area contributed by atoms with Crippen LogP contribution in [0.3, 0.4) is 0 Å². The molecule has 0 aliphatic heterocycles. The van der Waals surface area contributed by atoms with E-state index in [1.165, 1.54) is 0 Å². The summed E-state index contributed by atoms with van der Waals surface area (Å²) in [6, 6.07) is 0. The lowest BCUT2D eigenvalue weighted by Crippen LogP contribution is -2.31. The average molecular weight is 378 g/mol. The van der Waals surface area contributed by atoms with Crippen LogP contribution in [0.2, 0.25) is 0 Å². The lowest BCUT2D eigenvalue weighted by Gasteiger charge is -2.09. The molecule has 0 aliphatic carbocycles. The molecular formula is C19H39NO6. The largest absolute Gasteiger partial charge is 0.379 e. The Morgan fingerprint density at radius 3 is 1.69 bits per heavy atom. The molecule has 0 fully saturated rings. The molecule has 0 heterocycles. The van der Waals surface area contributed by atoms with Crippen LogP contribution in [0.1, 0.15) is 34.1 Å². The molecule has 1 amide bonds. The number of nitrogens with one attached hydrogen (secondary N) is 1. The van der Waals surface area contributed by atoms with Gasteiger partial charge in [-0.3, -0.25) is 4.79 Å². The Labute approximate surface area is 159 Å². The van der Waals surface area contributed by atoms with Gasteiger partial charge >= 0.3 is 0 Å². The maximum atomic E-state index is 11.4. The van der Waals surface area contributed by atoms with Gasteiger partial charge in [-0.2, -0.15) is 0 Å². The molecule has 0 aliphatic rings. The van der Waals surface area contributed by atoms with Crippen molar-refractivity contribution in [1.29, 1.82) is 0 Å². The van der Waals surface area contributed by atoms with Crippen LogP contribution >= 0.6 is 0 Å². The molecular weight excluding hydrogens is 338 g/mol. The first-order valence-electron chi connectivity index (χ1n) is 9.67. The van der Waals surface area contributed by atoms with Crippen LogP contribution < -0.4 is 5.32 Å². The molecule has 7 nitrogen and oxygen atoms in total. The number of ether oxygens (including phenoxy) is 5. The molecule has 0 aromatic carbocycles. The number of hydrogen-bond acceptors (Lipinski definition) is 6. The normalized spacial score (nSPS) is 11.5. The van der Waals surface area contributed by atoms with Gasteiger partial charge in [-0.1, -0.05) is 27.7 Å². The van der Waals surface area contributed by atoms with E-state index in [-0.39, 0.29) is 12.5 Å². The molecule has 0 radical (unpaired) electrons. The second kappa shape index (κ2) is 19.0. The monoisotopic (exact) mass is 377 g/mol. The first kappa shape index (κ1) is 25.3. The molecule has 0 bridgehead atoms. The van der Waals surface area contributed by atoms with Gasteiger partial charge in [0.1, 0.15) is 6.61 Å². The number of hydrogen-bond donors (Lipinski definition) is 1. The van der Waals surface area contributed by atoms with Crippen LogP contribution in [0, 0.1) is 11.8 Å². The number of rotatable bonds is 19. The van der Waals surface area contributed by atoms with Gasteiger partial charge in [0.25, 0.3) is 0 Å². The van der Waals surface area contributed by atoms with E-state index in [4.69, 9.17) is 23.7 Å². The number of carbonyl (C=O) groups excluding carboxylic acids is 1. The van der Waals surface area contributed by atoms with Crippen molar-refractivity contribution in [2.24, 2.45) is 11.8 Å². The second-order valence-corrected chi connectivity index (χ2v) is 6.89. The topological polar surface area (TPSA) is 75.3 Å². The fourth-order valence-electron chi connectivity index (χ4n) is 1.78. The van der Waals surface area contributed by atoms with Crippen molar-refractivity contribution in [3.05, 3.63) is 0 Å². The molecule has 7 heteroatoms. The zero-order valence-electron chi connectivity index (χ0n) is 17.1. The zero-order valence-corrected chi connectivity index (χ0v) is 17.1. The lowest BCUT2D eigenvalue weighted by atomic mass is 10.1. The van der Waals surface area contributed by atoms with Crippen molar-refractivity contribution in [3.8, 4) is 0 Å². The summed E-state index contributed by atoms with van der Waals surface area (Å²) in [7, 11) is 0. The van der Waals surface area contributed by atoms with Crippen molar-refractivity contribution < 1.29 is 28.5 Å². The third kappa shape index (κ3) is 21.3. The van der Waals surface area contributed by atoms with E-state index < -0.39 is 0 Å². The van der Waals surface area contributed by atoms with E-state index in [1.54, 1.807) is 0 Å². The second-order valence-electron chi connectivity index (χ2n) is 6.89. The van der Waals surface area contributed by atoms with Crippen molar-refractivity contribution in [1.82, 2.24) is 5.32 Å². The summed E-state index contributed by atoms with van der Waals surface area (Å²) in [5.74, 6) is 0.988. The van der Waals surface area contributed by atoms with E-state index in [9.17, 15) is 4.79 Å². The summed E-state index contributed by atoms with van der Waals surface area (Å²) in [6.07, 6.45) is 1.08. The van der Waals surface area contributed by atoms with Crippen LogP contribution in [0.5, 0.6) is 0 Å². The molecule has 156 valence electrons. The van der Waals surface area contributed by atoms with Crippen LogP contribution in [0.4, 0.5) is 0 Å². The summed E-state index contributed by atoms with van der Waals surface area (Å²) in [5, 5.41) is 2.74. The fourth-order valence-corrected chi connectivity index (χ4v) is 1.78. The predicted molar refractivity (Wildman–Crippen MR) is 101 cm³/mol. The quantitative estimate of drug-likeness (QED) is 0.347. The third-order valence-corrected chi connectivity index (χ3v) is 3.21. The molecule has 0 atom stereocenters. The Hall–Kier alpha value is -0.730. The maximum absolute atomic E-state index is 11.4. The standard InChI is InChI=1S/C19H39NO6/c1-17(2)5-7-22-9-11-24-13-14-25-12-10-23-8-6-20-19(21)16-26-15-18(3)4/h17-18H,5-16H2,1-4H3,(H,20,21). The van der Waals surface area contributed by atoms with E-state index in [0.29, 0.717) is 71.2 Å². The van der Waals surface area contributed by atoms with Gasteiger partial charge in [0.05, 0.1) is 46.2 Å². The van der Waals surface area contributed by atoms with E-state index in [1.807, 2.05) is 13.8 Å². The zero-order chi connectivity index (χ0) is 19.5. The first-order chi connectivity index (χ1) is 12.5. The van der Waals surface area contributed by atoms with E-state index >= 15 is 0 Å². The maximum Gasteiger partial charge on any atom is 0.246 e. The predicted octanol–water partition coefficient (Wildman–Crippen LogP) is 1.89. The van der Waals surface area contributed by atoms with Crippen LogP contribution in [0.25, 0.3) is 0 Å². The summed E-state index contributed by atoms with van der Waals surface area (Å²) >= 11 is 0. The van der Waals surface area contributed by atoms with Gasteiger partial charge in [0.2, 0.25) is 5.91 Å². The van der Waals surface area contributed by atoms with Gasteiger partial charge in [-0.15, -0.1) is 0 Å². The SMILES string of the molecule is CC(C)CCOCCOCCOCCOCCNC(=O)COCC(C)C. The van der Waals surface area contributed by atoms with Crippen molar-refractivity contribution >= 4 is 5.91 Å². The van der Waals surface area contributed by atoms with E-state index in [0.717, 1.165) is 13.0 Å². The molecule has 0 rings (SSSR count). The van der Waals surface area contributed by atoms with Crippen molar-refractivity contribution in [3.63, 3.8) is 0 Å². The minimum atomic E-state index is -0.115. The highest BCUT2D eigenvalue weighted by Crippen LogP contribution is 1.98. The Balaban J connectivity index is 3.12. The molecule has 26 heavy (non-hydrogen) atoms. The number of amides is 1.